The summed E-state index contributed by atoms with van der Waals surface area (Å²) in [4.78, 5) is 103. The zero-order valence-corrected chi connectivity index (χ0v) is 28.1. The SMILES string of the molecule is CCN1CCN(N(C=O)C(C(=O)N[C@H]2C(=O)N3C(C(=O)OC(C)(C)C)=C(COC(C)=O)C[S+]([O-])C23NC=O)c2ccc(O)cc2)C(=O)C1=O. The summed E-state index contributed by atoms with van der Waals surface area (Å²) in [5.41, 5.74) is -1.55. The predicted octanol–water partition coefficient (Wildman–Crippen LogP) is -1.85. The Morgan fingerprint density at radius 1 is 1.14 bits per heavy atom. The second-order valence-corrected chi connectivity index (χ2v) is 13.7. The van der Waals surface area contributed by atoms with Crippen LogP contribution in [0.1, 0.15) is 46.2 Å². The Kier molecular flexibility index (Phi) is 10.6. The van der Waals surface area contributed by atoms with E-state index in [-0.39, 0.29) is 49.3 Å². The summed E-state index contributed by atoms with van der Waals surface area (Å²) in [6.07, 6.45) is 0.259. The summed E-state index contributed by atoms with van der Waals surface area (Å²) in [6.45, 7) is 6.96. The van der Waals surface area contributed by atoms with E-state index in [0.717, 1.165) is 11.9 Å². The minimum atomic E-state index is -2.29. The minimum absolute atomic E-state index is 0.0318. The molecule has 6 amide bonds. The molecule has 4 atom stereocenters. The molecule has 2 fully saturated rings. The molecule has 3 N–H and O–H groups in total. The lowest BCUT2D eigenvalue weighted by Gasteiger charge is -2.57. The van der Waals surface area contributed by atoms with Gasteiger partial charge >= 0.3 is 28.7 Å². The number of fused-ring (bicyclic) bond motifs is 1. The number of nitrogens with zero attached hydrogens (tertiary/aromatic N) is 4. The van der Waals surface area contributed by atoms with Crippen LogP contribution in [0.25, 0.3) is 0 Å². The normalized spacial score (nSPS) is 22.8. The number of ether oxygens (including phenoxy) is 2. The van der Waals surface area contributed by atoms with Crippen molar-refractivity contribution < 1.29 is 57.5 Å². The van der Waals surface area contributed by atoms with Crippen molar-refractivity contribution in [1.82, 2.24) is 30.5 Å². The topological polar surface area (TPSA) is 235 Å². The summed E-state index contributed by atoms with van der Waals surface area (Å²) < 4.78 is 24.4. The number of hydrogen-bond acceptors (Lipinski definition) is 12. The number of nitrogens with one attached hydrogen (secondary N) is 2. The number of benzene rings is 1. The summed E-state index contributed by atoms with van der Waals surface area (Å²) >= 11 is -2.29. The van der Waals surface area contributed by atoms with Gasteiger partial charge in [-0.15, -0.1) is 0 Å². The van der Waals surface area contributed by atoms with Crippen molar-refractivity contribution in [3.8, 4) is 5.75 Å². The van der Waals surface area contributed by atoms with Gasteiger partial charge in [0.05, 0.1) is 6.54 Å². The first kappa shape index (κ1) is 36.7. The molecule has 0 spiro atoms. The Balaban J connectivity index is 1.76. The highest BCUT2D eigenvalue weighted by Crippen LogP contribution is 2.45. The number of phenolic OH excluding ortho intramolecular Hbond substituents is 1. The fraction of sp³-hybridized carbons (Fsp3) is 0.467. The van der Waals surface area contributed by atoms with Crippen molar-refractivity contribution in [2.45, 2.75) is 57.3 Å². The second kappa shape index (κ2) is 14.1. The number of hydrazine groups is 1. The van der Waals surface area contributed by atoms with Gasteiger partial charge in [-0.25, -0.2) is 19.7 Å². The molecule has 264 valence electrons. The average Bonchev–Trinajstić information content (AvgIpc) is 3.03. The third-order valence-corrected chi connectivity index (χ3v) is 9.61. The molecular formula is C30H36N6O12S. The molecule has 4 rings (SSSR count). The third-order valence-electron chi connectivity index (χ3n) is 7.77. The number of piperazine rings is 1. The van der Waals surface area contributed by atoms with Gasteiger partial charge in [0.1, 0.15) is 29.4 Å². The lowest BCUT2D eigenvalue weighted by molar-refractivity contribution is -0.178. The van der Waals surface area contributed by atoms with Gasteiger partial charge in [-0.2, -0.15) is 0 Å². The van der Waals surface area contributed by atoms with Crippen LogP contribution in [0, 0.1) is 0 Å². The number of esters is 2. The van der Waals surface area contributed by atoms with Crippen molar-refractivity contribution in [3.05, 3.63) is 41.1 Å². The first-order valence-corrected chi connectivity index (χ1v) is 16.3. The molecule has 49 heavy (non-hydrogen) atoms. The predicted molar refractivity (Wildman–Crippen MR) is 166 cm³/mol. The molecule has 0 radical (unpaired) electrons. The molecule has 0 aliphatic carbocycles. The fourth-order valence-electron chi connectivity index (χ4n) is 5.59. The maximum absolute atomic E-state index is 14.1. The fourth-order valence-corrected chi connectivity index (χ4v) is 7.33. The van der Waals surface area contributed by atoms with E-state index in [9.17, 15) is 48.0 Å². The molecule has 1 aromatic rings. The van der Waals surface area contributed by atoms with E-state index < -0.39 is 87.5 Å². The Morgan fingerprint density at radius 2 is 1.80 bits per heavy atom. The van der Waals surface area contributed by atoms with Crippen molar-refractivity contribution >= 4 is 59.6 Å². The molecule has 3 aliphatic rings. The molecule has 19 heteroatoms. The van der Waals surface area contributed by atoms with E-state index in [4.69, 9.17) is 9.47 Å². The van der Waals surface area contributed by atoms with Gasteiger partial charge in [0, 0.05) is 36.8 Å². The molecule has 3 aliphatic heterocycles. The number of aromatic hydroxyl groups is 1. The summed E-state index contributed by atoms with van der Waals surface area (Å²) in [5, 5.41) is 16.0. The van der Waals surface area contributed by atoms with Crippen molar-refractivity contribution in [3.63, 3.8) is 0 Å². The molecule has 18 nitrogen and oxygen atoms in total. The smallest absolute Gasteiger partial charge is 0.356 e. The first-order chi connectivity index (χ1) is 23.0. The summed E-state index contributed by atoms with van der Waals surface area (Å²) in [7, 11) is 0. The number of amides is 6. The average molecular weight is 705 g/mol. The monoisotopic (exact) mass is 704 g/mol. The largest absolute Gasteiger partial charge is 0.613 e. The molecule has 2 saturated heterocycles. The van der Waals surface area contributed by atoms with Crippen LogP contribution in [-0.2, 0) is 59.0 Å². The van der Waals surface area contributed by atoms with Crippen molar-refractivity contribution in [1.29, 1.82) is 0 Å². The van der Waals surface area contributed by atoms with E-state index in [0.29, 0.717) is 9.91 Å². The molecule has 3 unspecified atom stereocenters. The van der Waals surface area contributed by atoms with Gasteiger partial charge in [0.15, 0.2) is 6.04 Å². The molecule has 0 bridgehead atoms. The Hall–Kier alpha value is -5.17. The van der Waals surface area contributed by atoms with E-state index in [1.807, 2.05) is 0 Å². The van der Waals surface area contributed by atoms with Gasteiger partial charge in [0.2, 0.25) is 24.8 Å². The number of β-lactam (4-membered cyclic amide) rings is 1. The van der Waals surface area contributed by atoms with Gasteiger partial charge in [-0.1, -0.05) is 12.1 Å². The molecule has 0 saturated carbocycles. The van der Waals surface area contributed by atoms with Gasteiger partial charge in [0.25, 0.3) is 5.91 Å². The minimum Gasteiger partial charge on any atom is -0.613 e. The second-order valence-electron chi connectivity index (χ2n) is 12.1. The van der Waals surface area contributed by atoms with Crippen LogP contribution in [0.4, 0.5) is 0 Å². The van der Waals surface area contributed by atoms with Crippen molar-refractivity contribution in [2.75, 3.05) is 32.0 Å². The van der Waals surface area contributed by atoms with E-state index in [2.05, 4.69) is 10.6 Å². The Bertz CT molecular complexity index is 1590. The van der Waals surface area contributed by atoms with Gasteiger partial charge in [-0.05, 0) is 45.4 Å². The van der Waals surface area contributed by atoms with Crippen LogP contribution >= 0.6 is 0 Å². The maximum Gasteiger partial charge on any atom is 0.356 e. The van der Waals surface area contributed by atoms with Crippen molar-refractivity contribution in [2.24, 2.45) is 0 Å². The van der Waals surface area contributed by atoms with E-state index in [1.54, 1.807) is 27.7 Å². The van der Waals surface area contributed by atoms with Crippen LogP contribution in [-0.4, -0.2) is 126 Å². The molecule has 3 heterocycles. The molecular weight excluding hydrogens is 668 g/mol. The van der Waals surface area contributed by atoms with Crippen LogP contribution in [0.15, 0.2) is 35.5 Å². The third kappa shape index (κ3) is 6.89. The van der Waals surface area contributed by atoms with Gasteiger partial charge < -0.3 is 29.3 Å². The number of hydrogen-bond donors (Lipinski definition) is 3. The first-order valence-electron chi connectivity index (χ1n) is 15.0. The highest BCUT2D eigenvalue weighted by Gasteiger charge is 2.74. The standard InChI is InChI=1S/C30H36N6O12S/c1-6-33-11-12-34(27(44)26(33)43)35(16-38)21(18-7-9-20(40)10-8-18)24(41)32-23-25(42)36-22(28(45)48-29(3,4)5)19(13-47-17(2)39)14-49(46)30(23,36)31-15-37/h7-10,15-16,21,23,40H,6,11-14H2,1-5H3,(H,31,37)(H,32,41)/t21?,23-,30?,49?/m0/s1. The zero-order chi connectivity index (χ0) is 36.4. The number of phenols is 1. The van der Waals surface area contributed by atoms with Crippen LogP contribution in [0.5, 0.6) is 5.75 Å². The number of carbonyl (C=O) groups is 8. The number of carbonyl (C=O) groups excluding carboxylic acids is 8. The van der Waals surface area contributed by atoms with E-state index >= 15 is 0 Å². The zero-order valence-electron chi connectivity index (χ0n) is 27.3. The van der Waals surface area contributed by atoms with E-state index in [1.165, 1.54) is 29.2 Å². The lowest BCUT2D eigenvalue weighted by Crippen LogP contribution is -2.88. The Morgan fingerprint density at radius 3 is 2.35 bits per heavy atom. The lowest BCUT2D eigenvalue weighted by atomic mass is 9.96. The van der Waals surface area contributed by atoms with Crippen LogP contribution < -0.4 is 10.6 Å². The Labute approximate surface area is 283 Å². The maximum atomic E-state index is 14.1. The number of rotatable bonds is 12. The van der Waals surface area contributed by atoms with Crippen LogP contribution in [0.3, 0.4) is 0 Å². The highest BCUT2D eigenvalue weighted by molar-refractivity contribution is 7.93. The van der Waals surface area contributed by atoms with Crippen LogP contribution in [0.2, 0.25) is 0 Å². The quantitative estimate of drug-likeness (QED) is 0.0715. The highest BCUT2D eigenvalue weighted by atomic mass is 32.2. The summed E-state index contributed by atoms with van der Waals surface area (Å²) in [6, 6.07) is 1.39. The van der Waals surface area contributed by atoms with Gasteiger partial charge in [-0.3, -0.25) is 38.9 Å². The number of likely N-dealkylation sites (N-methyl/N-ethyl adjacent to an activating group) is 1. The molecule has 0 aromatic heterocycles. The molecule has 1 aromatic carbocycles. The summed E-state index contributed by atoms with van der Waals surface area (Å²) in [5.74, 6) is -6.68.